The molecule has 3 rings (SSSR count). The lowest BCUT2D eigenvalue weighted by atomic mass is 10.00. The Labute approximate surface area is 154 Å². The Kier molecular flexibility index (Phi) is 6.04. The molecule has 2 heterocycles. The fourth-order valence-electron chi connectivity index (χ4n) is 3.28. The number of aromatic amines is 1. The SMILES string of the molecule is COCCN(Cc1[nH]c2ncccc2c1-c1cccc(CO)c1)C(C)C. The molecule has 2 aromatic heterocycles. The van der Waals surface area contributed by atoms with Gasteiger partial charge >= 0.3 is 0 Å². The number of H-pyrrole nitrogens is 1. The van der Waals surface area contributed by atoms with E-state index in [1.165, 1.54) is 0 Å². The number of fused-ring (bicyclic) bond motifs is 1. The summed E-state index contributed by atoms with van der Waals surface area (Å²) in [5, 5.41) is 10.6. The Morgan fingerprint density at radius 3 is 2.81 bits per heavy atom. The number of benzene rings is 1. The second-order valence-electron chi connectivity index (χ2n) is 6.79. The molecule has 5 heteroatoms. The monoisotopic (exact) mass is 353 g/mol. The minimum atomic E-state index is 0.0374. The molecule has 0 aliphatic rings. The maximum atomic E-state index is 9.52. The van der Waals surface area contributed by atoms with Gasteiger partial charge in [-0.25, -0.2) is 4.98 Å². The fourth-order valence-corrected chi connectivity index (χ4v) is 3.28. The van der Waals surface area contributed by atoms with Crippen molar-refractivity contribution in [2.75, 3.05) is 20.3 Å². The van der Waals surface area contributed by atoms with Crippen molar-refractivity contribution in [3.05, 3.63) is 53.9 Å². The molecule has 26 heavy (non-hydrogen) atoms. The number of aromatic nitrogens is 2. The number of nitrogens with zero attached hydrogens (tertiary/aromatic N) is 2. The molecule has 2 N–H and O–H groups in total. The van der Waals surface area contributed by atoms with Crippen molar-refractivity contribution in [1.82, 2.24) is 14.9 Å². The Hall–Kier alpha value is -2.21. The van der Waals surface area contributed by atoms with Crippen molar-refractivity contribution in [2.24, 2.45) is 0 Å². The van der Waals surface area contributed by atoms with E-state index in [2.05, 4.69) is 40.8 Å². The number of rotatable bonds is 8. The van der Waals surface area contributed by atoms with Gasteiger partial charge < -0.3 is 14.8 Å². The lowest BCUT2D eigenvalue weighted by Gasteiger charge is -2.26. The first kappa shape index (κ1) is 18.6. The minimum Gasteiger partial charge on any atom is -0.392 e. The summed E-state index contributed by atoms with van der Waals surface area (Å²) in [6.07, 6.45) is 1.81. The van der Waals surface area contributed by atoms with Crippen LogP contribution in [0.4, 0.5) is 0 Å². The van der Waals surface area contributed by atoms with Gasteiger partial charge in [0.15, 0.2) is 0 Å². The third kappa shape index (κ3) is 3.96. The van der Waals surface area contributed by atoms with Gasteiger partial charge in [-0.05, 0) is 43.2 Å². The van der Waals surface area contributed by atoms with E-state index in [1.54, 1.807) is 7.11 Å². The Morgan fingerprint density at radius 2 is 2.08 bits per heavy atom. The standard InChI is InChI=1S/C21H27N3O2/c1-15(2)24(10-11-26-3)13-19-20(17-7-4-6-16(12-17)14-25)18-8-5-9-22-21(18)23-19/h4-9,12,15,25H,10-11,13-14H2,1-3H3,(H,22,23). The van der Waals surface area contributed by atoms with Crippen LogP contribution in [0.1, 0.15) is 25.1 Å². The van der Waals surface area contributed by atoms with Gasteiger partial charge in [0, 0.05) is 49.1 Å². The normalized spacial score (nSPS) is 11.8. The molecule has 0 spiro atoms. The highest BCUT2D eigenvalue weighted by Gasteiger charge is 2.18. The molecule has 0 fully saturated rings. The number of hydrogen-bond donors (Lipinski definition) is 2. The summed E-state index contributed by atoms with van der Waals surface area (Å²) >= 11 is 0. The first-order chi connectivity index (χ1) is 12.6. The van der Waals surface area contributed by atoms with Crippen LogP contribution in [0.2, 0.25) is 0 Å². The smallest absolute Gasteiger partial charge is 0.138 e. The molecule has 0 saturated carbocycles. The van der Waals surface area contributed by atoms with E-state index >= 15 is 0 Å². The molecule has 0 radical (unpaired) electrons. The third-order valence-corrected chi connectivity index (χ3v) is 4.72. The van der Waals surface area contributed by atoms with E-state index in [1.807, 2.05) is 30.5 Å². The second kappa shape index (κ2) is 8.45. The van der Waals surface area contributed by atoms with Gasteiger partial charge in [-0.3, -0.25) is 4.90 Å². The minimum absolute atomic E-state index is 0.0374. The first-order valence-electron chi connectivity index (χ1n) is 9.02. The highest BCUT2D eigenvalue weighted by Crippen LogP contribution is 2.33. The van der Waals surface area contributed by atoms with Gasteiger partial charge in [0.25, 0.3) is 0 Å². The zero-order valence-corrected chi connectivity index (χ0v) is 15.7. The molecule has 0 atom stereocenters. The largest absolute Gasteiger partial charge is 0.392 e. The van der Waals surface area contributed by atoms with E-state index in [4.69, 9.17) is 4.74 Å². The van der Waals surface area contributed by atoms with Crippen LogP contribution in [0, 0.1) is 0 Å². The molecule has 0 bridgehead atoms. The number of ether oxygens (including phenoxy) is 1. The summed E-state index contributed by atoms with van der Waals surface area (Å²) in [6, 6.07) is 12.5. The molecule has 1 aromatic carbocycles. The average molecular weight is 353 g/mol. The van der Waals surface area contributed by atoms with Crippen LogP contribution in [-0.2, 0) is 17.9 Å². The van der Waals surface area contributed by atoms with Gasteiger partial charge in [0.2, 0.25) is 0 Å². The fraction of sp³-hybridized carbons (Fsp3) is 0.381. The van der Waals surface area contributed by atoms with Crippen molar-refractivity contribution < 1.29 is 9.84 Å². The molecule has 0 aliphatic heterocycles. The highest BCUT2D eigenvalue weighted by atomic mass is 16.5. The van der Waals surface area contributed by atoms with E-state index in [0.29, 0.717) is 12.6 Å². The van der Waals surface area contributed by atoms with Crippen molar-refractivity contribution in [2.45, 2.75) is 33.0 Å². The van der Waals surface area contributed by atoms with Crippen LogP contribution < -0.4 is 0 Å². The predicted octanol–water partition coefficient (Wildman–Crippen LogP) is 3.58. The molecule has 3 aromatic rings. The third-order valence-electron chi connectivity index (χ3n) is 4.72. The van der Waals surface area contributed by atoms with Gasteiger partial charge in [-0.1, -0.05) is 18.2 Å². The maximum absolute atomic E-state index is 9.52. The summed E-state index contributed by atoms with van der Waals surface area (Å²) in [5.74, 6) is 0. The molecular formula is C21H27N3O2. The molecule has 5 nitrogen and oxygen atoms in total. The number of aliphatic hydroxyl groups excluding tert-OH is 1. The zero-order valence-electron chi connectivity index (χ0n) is 15.7. The molecule has 0 aliphatic carbocycles. The predicted molar refractivity (Wildman–Crippen MR) is 105 cm³/mol. The summed E-state index contributed by atoms with van der Waals surface area (Å²) in [6.45, 7) is 6.79. The summed E-state index contributed by atoms with van der Waals surface area (Å²) in [5.41, 5.74) is 5.19. The van der Waals surface area contributed by atoms with Gasteiger partial charge in [0.05, 0.1) is 13.2 Å². The van der Waals surface area contributed by atoms with Crippen LogP contribution >= 0.6 is 0 Å². The molecule has 138 valence electrons. The van der Waals surface area contributed by atoms with Crippen molar-refractivity contribution in [3.8, 4) is 11.1 Å². The highest BCUT2D eigenvalue weighted by molar-refractivity contribution is 5.95. The number of methoxy groups -OCH3 is 1. The van der Waals surface area contributed by atoms with Gasteiger partial charge in [0.1, 0.15) is 5.65 Å². The summed E-state index contributed by atoms with van der Waals surface area (Å²) in [4.78, 5) is 10.4. The summed E-state index contributed by atoms with van der Waals surface area (Å²) < 4.78 is 5.27. The van der Waals surface area contributed by atoms with E-state index in [-0.39, 0.29) is 6.61 Å². The lowest BCUT2D eigenvalue weighted by Crippen LogP contribution is -2.33. The van der Waals surface area contributed by atoms with Crippen molar-refractivity contribution in [1.29, 1.82) is 0 Å². The lowest BCUT2D eigenvalue weighted by molar-refractivity contribution is 0.124. The van der Waals surface area contributed by atoms with E-state index in [0.717, 1.165) is 46.5 Å². The van der Waals surface area contributed by atoms with Crippen LogP contribution in [0.3, 0.4) is 0 Å². The van der Waals surface area contributed by atoms with Crippen LogP contribution in [0.25, 0.3) is 22.2 Å². The number of nitrogens with one attached hydrogen (secondary N) is 1. The Balaban J connectivity index is 2.07. The molecule has 0 unspecified atom stereocenters. The molecular weight excluding hydrogens is 326 g/mol. The molecule has 0 saturated heterocycles. The van der Waals surface area contributed by atoms with Crippen molar-refractivity contribution >= 4 is 11.0 Å². The van der Waals surface area contributed by atoms with Gasteiger partial charge in [-0.15, -0.1) is 0 Å². The van der Waals surface area contributed by atoms with Gasteiger partial charge in [-0.2, -0.15) is 0 Å². The Bertz CT molecular complexity index is 857. The average Bonchev–Trinajstić information content (AvgIpc) is 3.02. The Morgan fingerprint density at radius 1 is 1.23 bits per heavy atom. The van der Waals surface area contributed by atoms with E-state index in [9.17, 15) is 5.11 Å². The second-order valence-corrected chi connectivity index (χ2v) is 6.79. The zero-order chi connectivity index (χ0) is 18.5. The number of hydrogen-bond acceptors (Lipinski definition) is 4. The van der Waals surface area contributed by atoms with Crippen molar-refractivity contribution in [3.63, 3.8) is 0 Å². The van der Waals surface area contributed by atoms with E-state index < -0.39 is 0 Å². The maximum Gasteiger partial charge on any atom is 0.138 e. The summed E-state index contributed by atoms with van der Waals surface area (Å²) in [7, 11) is 1.73. The quantitative estimate of drug-likeness (QED) is 0.650. The topological polar surface area (TPSA) is 61.4 Å². The van der Waals surface area contributed by atoms with Crippen LogP contribution in [0.5, 0.6) is 0 Å². The molecule has 0 amide bonds. The number of pyridine rings is 1. The van der Waals surface area contributed by atoms with Crippen LogP contribution in [-0.4, -0.2) is 46.3 Å². The van der Waals surface area contributed by atoms with Crippen LogP contribution in [0.15, 0.2) is 42.6 Å². The number of aliphatic hydroxyl groups is 1. The first-order valence-corrected chi connectivity index (χ1v) is 9.02.